The van der Waals surface area contributed by atoms with Gasteiger partial charge in [0.15, 0.2) is 12.4 Å². The van der Waals surface area contributed by atoms with Gasteiger partial charge in [-0.2, -0.15) is 4.73 Å². The van der Waals surface area contributed by atoms with E-state index in [4.69, 9.17) is 11.6 Å². The fourth-order valence-corrected chi connectivity index (χ4v) is 1.46. The SMILES string of the molecule is [O-][n+]1ccc(-c2cccc(Cl)c2)cc1. The van der Waals surface area contributed by atoms with Crippen LogP contribution in [0.2, 0.25) is 5.02 Å². The lowest BCUT2D eigenvalue weighted by Gasteiger charge is -2.01. The van der Waals surface area contributed by atoms with E-state index in [-0.39, 0.29) is 0 Å². The van der Waals surface area contributed by atoms with Crippen molar-refractivity contribution >= 4 is 11.6 Å². The molecule has 0 aliphatic rings. The van der Waals surface area contributed by atoms with E-state index in [0.29, 0.717) is 5.02 Å². The molecule has 0 bridgehead atoms. The first-order chi connectivity index (χ1) is 6.75. The van der Waals surface area contributed by atoms with E-state index in [1.54, 1.807) is 12.1 Å². The van der Waals surface area contributed by atoms with Crippen LogP contribution in [0.25, 0.3) is 11.1 Å². The standard InChI is InChI=1S/C11H8ClNO/c12-11-3-1-2-10(8-11)9-4-6-13(14)7-5-9/h1-8H. The summed E-state index contributed by atoms with van der Waals surface area (Å²) in [4.78, 5) is 0. The van der Waals surface area contributed by atoms with E-state index in [2.05, 4.69) is 0 Å². The van der Waals surface area contributed by atoms with E-state index in [0.717, 1.165) is 15.9 Å². The second-order valence-electron chi connectivity index (χ2n) is 2.96. The molecule has 70 valence electrons. The lowest BCUT2D eigenvalue weighted by atomic mass is 10.1. The molecule has 0 amide bonds. The second-order valence-corrected chi connectivity index (χ2v) is 3.39. The molecule has 0 atom stereocenters. The molecule has 1 aromatic carbocycles. The Morgan fingerprint density at radius 2 is 1.71 bits per heavy atom. The minimum absolute atomic E-state index is 0.696. The average molecular weight is 206 g/mol. The van der Waals surface area contributed by atoms with Crippen molar-refractivity contribution < 1.29 is 4.73 Å². The first-order valence-electron chi connectivity index (χ1n) is 4.20. The highest BCUT2D eigenvalue weighted by Crippen LogP contribution is 2.21. The van der Waals surface area contributed by atoms with Gasteiger partial charge in [0.1, 0.15) is 0 Å². The number of rotatable bonds is 1. The largest absolute Gasteiger partial charge is 0.619 e. The Hall–Kier alpha value is -1.54. The summed E-state index contributed by atoms with van der Waals surface area (Å²) in [6, 6.07) is 11.1. The minimum Gasteiger partial charge on any atom is -0.619 e. The highest BCUT2D eigenvalue weighted by Gasteiger charge is 1.99. The number of hydrogen-bond acceptors (Lipinski definition) is 1. The van der Waals surface area contributed by atoms with Crippen LogP contribution in [0.5, 0.6) is 0 Å². The zero-order valence-corrected chi connectivity index (χ0v) is 8.11. The summed E-state index contributed by atoms with van der Waals surface area (Å²) >= 11 is 5.86. The maximum absolute atomic E-state index is 10.8. The topological polar surface area (TPSA) is 26.9 Å². The molecule has 2 aromatic rings. The lowest BCUT2D eigenvalue weighted by Crippen LogP contribution is -2.23. The fourth-order valence-electron chi connectivity index (χ4n) is 1.27. The Morgan fingerprint density at radius 1 is 1.00 bits per heavy atom. The van der Waals surface area contributed by atoms with Crippen LogP contribution in [-0.2, 0) is 0 Å². The normalized spacial score (nSPS) is 10.1. The predicted octanol–water partition coefficient (Wildman–Crippen LogP) is 2.64. The highest BCUT2D eigenvalue weighted by atomic mass is 35.5. The number of aromatic nitrogens is 1. The predicted molar refractivity (Wildman–Crippen MR) is 55.8 cm³/mol. The van der Waals surface area contributed by atoms with Crippen LogP contribution >= 0.6 is 11.6 Å². The van der Waals surface area contributed by atoms with Gasteiger partial charge in [0.05, 0.1) is 0 Å². The molecule has 14 heavy (non-hydrogen) atoms. The number of hydrogen-bond donors (Lipinski definition) is 0. The molecule has 0 saturated carbocycles. The van der Waals surface area contributed by atoms with Crippen LogP contribution in [0, 0.1) is 5.21 Å². The van der Waals surface area contributed by atoms with E-state index in [1.807, 2.05) is 24.3 Å². The fraction of sp³-hybridized carbons (Fsp3) is 0. The average Bonchev–Trinajstić information content (AvgIpc) is 2.19. The van der Waals surface area contributed by atoms with Crippen LogP contribution < -0.4 is 4.73 Å². The molecule has 0 saturated heterocycles. The van der Waals surface area contributed by atoms with Gasteiger partial charge >= 0.3 is 0 Å². The molecule has 0 fully saturated rings. The maximum atomic E-state index is 10.8. The third-order valence-electron chi connectivity index (χ3n) is 1.96. The number of halogens is 1. The van der Waals surface area contributed by atoms with Crippen LogP contribution in [0.1, 0.15) is 0 Å². The summed E-state index contributed by atoms with van der Waals surface area (Å²) in [5.74, 6) is 0. The van der Waals surface area contributed by atoms with Crippen molar-refractivity contribution in [1.82, 2.24) is 0 Å². The molecule has 0 N–H and O–H groups in total. The molecule has 3 heteroatoms. The van der Waals surface area contributed by atoms with E-state index >= 15 is 0 Å². The monoisotopic (exact) mass is 205 g/mol. The van der Waals surface area contributed by atoms with Gasteiger partial charge in [-0.05, 0) is 23.3 Å². The number of benzene rings is 1. The van der Waals surface area contributed by atoms with Crippen molar-refractivity contribution in [2.24, 2.45) is 0 Å². The molecule has 0 aliphatic carbocycles. The molecule has 0 radical (unpaired) electrons. The Kier molecular flexibility index (Phi) is 2.37. The Bertz CT molecular complexity index is 439. The van der Waals surface area contributed by atoms with Gasteiger partial charge in [-0.25, -0.2) is 0 Å². The molecular formula is C11H8ClNO. The smallest absolute Gasteiger partial charge is 0.180 e. The third-order valence-corrected chi connectivity index (χ3v) is 2.20. The molecule has 0 unspecified atom stereocenters. The highest BCUT2D eigenvalue weighted by molar-refractivity contribution is 6.30. The zero-order chi connectivity index (χ0) is 9.97. The van der Waals surface area contributed by atoms with Crippen molar-refractivity contribution in [3.63, 3.8) is 0 Å². The first-order valence-corrected chi connectivity index (χ1v) is 4.58. The molecule has 1 aromatic heterocycles. The first kappa shape index (κ1) is 9.03. The third kappa shape index (κ3) is 1.86. The molecule has 1 heterocycles. The summed E-state index contributed by atoms with van der Waals surface area (Å²) in [7, 11) is 0. The van der Waals surface area contributed by atoms with Crippen molar-refractivity contribution in [1.29, 1.82) is 0 Å². The lowest BCUT2D eigenvalue weighted by molar-refractivity contribution is -0.605. The summed E-state index contributed by atoms with van der Waals surface area (Å²) in [5.41, 5.74) is 2.00. The van der Waals surface area contributed by atoms with E-state index < -0.39 is 0 Å². The molecule has 2 nitrogen and oxygen atoms in total. The summed E-state index contributed by atoms with van der Waals surface area (Å²) in [6.07, 6.45) is 2.94. The zero-order valence-electron chi connectivity index (χ0n) is 7.35. The van der Waals surface area contributed by atoms with E-state index in [9.17, 15) is 5.21 Å². The van der Waals surface area contributed by atoms with Crippen LogP contribution in [-0.4, -0.2) is 0 Å². The van der Waals surface area contributed by atoms with Crippen molar-refractivity contribution in [2.45, 2.75) is 0 Å². The second kappa shape index (κ2) is 3.68. The Balaban J connectivity index is 2.44. The van der Waals surface area contributed by atoms with Crippen molar-refractivity contribution in [2.75, 3.05) is 0 Å². The maximum Gasteiger partial charge on any atom is 0.180 e. The van der Waals surface area contributed by atoms with Gasteiger partial charge in [-0.3, -0.25) is 0 Å². The summed E-state index contributed by atoms with van der Waals surface area (Å²) in [6.45, 7) is 0. The van der Waals surface area contributed by atoms with Crippen molar-refractivity contribution in [3.8, 4) is 11.1 Å². The van der Waals surface area contributed by atoms with Gasteiger partial charge in [0.25, 0.3) is 0 Å². The molecule has 0 spiro atoms. The quantitative estimate of drug-likeness (QED) is 0.519. The van der Waals surface area contributed by atoms with Crippen molar-refractivity contribution in [3.05, 3.63) is 59.0 Å². The summed E-state index contributed by atoms with van der Waals surface area (Å²) < 4.78 is 0.758. The number of pyridine rings is 1. The molecular weight excluding hydrogens is 198 g/mol. The molecule has 0 aliphatic heterocycles. The van der Waals surface area contributed by atoms with Crippen LogP contribution in [0.15, 0.2) is 48.8 Å². The van der Waals surface area contributed by atoms with Crippen LogP contribution in [0.4, 0.5) is 0 Å². The van der Waals surface area contributed by atoms with Gasteiger partial charge < -0.3 is 5.21 Å². The van der Waals surface area contributed by atoms with Gasteiger partial charge in [0.2, 0.25) is 0 Å². The summed E-state index contributed by atoms with van der Waals surface area (Å²) in [5, 5.41) is 11.5. The number of nitrogens with zero attached hydrogens (tertiary/aromatic N) is 1. The minimum atomic E-state index is 0.696. The van der Waals surface area contributed by atoms with Gasteiger partial charge in [-0.1, -0.05) is 23.7 Å². The Labute approximate surface area is 87.0 Å². The van der Waals surface area contributed by atoms with E-state index in [1.165, 1.54) is 12.4 Å². The van der Waals surface area contributed by atoms with Crippen LogP contribution in [0.3, 0.4) is 0 Å². The Morgan fingerprint density at radius 3 is 2.36 bits per heavy atom. The molecule has 2 rings (SSSR count). The van der Waals surface area contributed by atoms with Gasteiger partial charge in [0, 0.05) is 17.2 Å². The van der Waals surface area contributed by atoms with Gasteiger partial charge in [-0.15, -0.1) is 0 Å².